The van der Waals surface area contributed by atoms with E-state index in [9.17, 15) is 0 Å². The number of anilines is 1. The van der Waals surface area contributed by atoms with Crippen LogP contribution in [0.1, 0.15) is 24.5 Å². The van der Waals surface area contributed by atoms with Gasteiger partial charge in [-0.3, -0.25) is 4.99 Å². The average molecular weight is 190 g/mol. The molecule has 0 heterocycles. The van der Waals surface area contributed by atoms with E-state index in [1.165, 1.54) is 16.8 Å². The van der Waals surface area contributed by atoms with Crippen LogP contribution in [-0.4, -0.2) is 19.8 Å². The minimum atomic E-state index is 0.906. The lowest BCUT2D eigenvalue weighted by Gasteiger charge is -2.06. The number of hydrogen-bond donors (Lipinski definition) is 1. The smallest absolute Gasteiger partial charge is 0.0386 e. The normalized spacial score (nSPS) is 10.8. The molecule has 0 aliphatic rings. The fourth-order valence-electron chi connectivity index (χ4n) is 1.36. The van der Waals surface area contributed by atoms with Gasteiger partial charge in [-0.05, 0) is 30.5 Å². The SMILES string of the molecule is CCCN=Cc1cccc(NC)c1C. The Morgan fingerprint density at radius 1 is 1.43 bits per heavy atom. The molecule has 14 heavy (non-hydrogen) atoms. The van der Waals surface area contributed by atoms with Crippen molar-refractivity contribution in [1.29, 1.82) is 0 Å². The first kappa shape index (κ1) is 10.8. The summed E-state index contributed by atoms with van der Waals surface area (Å²) in [6.45, 7) is 5.15. The molecule has 2 nitrogen and oxygen atoms in total. The van der Waals surface area contributed by atoms with Crippen LogP contribution in [0.4, 0.5) is 5.69 Å². The molecule has 0 aliphatic carbocycles. The van der Waals surface area contributed by atoms with Gasteiger partial charge in [-0.1, -0.05) is 19.1 Å². The highest BCUT2D eigenvalue weighted by Crippen LogP contribution is 2.16. The molecule has 0 radical (unpaired) electrons. The zero-order valence-corrected chi connectivity index (χ0v) is 9.17. The molecule has 0 saturated carbocycles. The third-order valence-electron chi connectivity index (χ3n) is 2.23. The molecule has 2 heteroatoms. The summed E-state index contributed by atoms with van der Waals surface area (Å²) in [4.78, 5) is 4.34. The van der Waals surface area contributed by atoms with E-state index >= 15 is 0 Å². The number of hydrogen-bond acceptors (Lipinski definition) is 2. The second-order valence-electron chi connectivity index (χ2n) is 3.31. The van der Waals surface area contributed by atoms with Crippen LogP contribution in [0.15, 0.2) is 23.2 Å². The van der Waals surface area contributed by atoms with Gasteiger partial charge in [0.15, 0.2) is 0 Å². The molecule has 0 spiro atoms. The first-order valence-electron chi connectivity index (χ1n) is 5.06. The Balaban J connectivity index is 2.86. The standard InChI is InChI=1S/C12H18N2/c1-4-8-14-9-11-6-5-7-12(13-3)10(11)2/h5-7,9,13H,4,8H2,1-3H3. The third-order valence-corrected chi connectivity index (χ3v) is 2.23. The first-order chi connectivity index (χ1) is 6.79. The molecular weight excluding hydrogens is 172 g/mol. The van der Waals surface area contributed by atoms with E-state index in [4.69, 9.17) is 0 Å². The molecule has 0 aromatic heterocycles. The second kappa shape index (κ2) is 5.43. The fraction of sp³-hybridized carbons (Fsp3) is 0.417. The Bertz CT molecular complexity index is 316. The molecule has 76 valence electrons. The number of aliphatic imine (C=N–C) groups is 1. The van der Waals surface area contributed by atoms with Gasteiger partial charge in [0.25, 0.3) is 0 Å². The van der Waals surface area contributed by atoms with Gasteiger partial charge in [-0.25, -0.2) is 0 Å². The van der Waals surface area contributed by atoms with Crippen LogP contribution in [0.2, 0.25) is 0 Å². The molecule has 1 aromatic rings. The zero-order chi connectivity index (χ0) is 10.4. The van der Waals surface area contributed by atoms with Crippen LogP contribution in [0.25, 0.3) is 0 Å². The molecular formula is C12H18N2. The lowest BCUT2D eigenvalue weighted by atomic mass is 10.1. The van der Waals surface area contributed by atoms with E-state index in [0.717, 1.165) is 13.0 Å². The summed E-state index contributed by atoms with van der Waals surface area (Å²) in [6.07, 6.45) is 3.06. The Hall–Kier alpha value is -1.31. The van der Waals surface area contributed by atoms with E-state index in [0.29, 0.717) is 0 Å². The molecule has 0 fully saturated rings. The van der Waals surface area contributed by atoms with Crippen molar-refractivity contribution in [3.8, 4) is 0 Å². The first-order valence-corrected chi connectivity index (χ1v) is 5.06. The number of nitrogens with one attached hydrogen (secondary N) is 1. The van der Waals surface area contributed by atoms with Crippen molar-refractivity contribution in [2.45, 2.75) is 20.3 Å². The predicted octanol–water partition coefficient (Wildman–Crippen LogP) is 2.87. The molecule has 0 saturated heterocycles. The van der Waals surface area contributed by atoms with Gasteiger partial charge in [0.2, 0.25) is 0 Å². The quantitative estimate of drug-likeness (QED) is 0.725. The molecule has 0 aliphatic heterocycles. The molecule has 0 bridgehead atoms. The van der Waals surface area contributed by atoms with Gasteiger partial charge in [0, 0.05) is 25.5 Å². The summed E-state index contributed by atoms with van der Waals surface area (Å²) in [7, 11) is 1.94. The number of rotatable bonds is 4. The topological polar surface area (TPSA) is 24.4 Å². The van der Waals surface area contributed by atoms with Gasteiger partial charge >= 0.3 is 0 Å². The van der Waals surface area contributed by atoms with Crippen LogP contribution >= 0.6 is 0 Å². The van der Waals surface area contributed by atoms with Crippen molar-refractivity contribution < 1.29 is 0 Å². The van der Waals surface area contributed by atoms with Crippen LogP contribution in [0.5, 0.6) is 0 Å². The molecule has 1 N–H and O–H groups in total. The van der Waals surface area contributed by atoms with E-state index in [-0.39, 0.29) is 0 Å². The van der Waals surface area contributed by atoms with Crippen LogP contribution in [0, 0.1) is 6.92 Å². The summed E-state index contributed by atoms with van der Waals surface area (Å²) in [5, 5.41) is 3.16. The van der Waals surface area contributed by atoms with Crippen molar-refractivity contribution in [3.63, 3.8) is 0 Å². The summed E-state index contributed by atoms with van der Waals surface area (Å²) in [5.74, 6) is 0. The predicted molar refractivity (Wildman–Crippen MR) is 63.5 cm³/mol. The van der Waals surface area contributed by atoms with E-state index < -0.39 is 0 Å². The van der Waals surface area contributed by atoms with Crippen molar-refractivity contribution in [2.24, 2.45) is 4.99 Å². The largest absolute Gasteiger partial charge is 0.388 e. The molecule has 1 aromatic carbocycles. The molecule has 0 amide bonds. The maximum absolute atomic E-state index is 4.34. The fourth-order valence-corrected chi connectivity index (χ4v) is 1.36. The molecule has 1 rings (SSSR count). The van der Waals surface area contributed by atoms with Crippen molar-refractivity contribution >= 4 is 11.9 Å². The Kier molecular flexibility index (Phi) is 4.17. The summed E-state index contributed by atoms with van der Waals surface area (Å²) in [5.41, 5.74) is 3.63. The van der Waals surface area contributed by atoms with E-state index in [1.807, 2.05) is 19.3 Å². The highest BCUT2D eigenvalue weighted by Gasteiger charge is 1.98. The Morgan fingerprint density at radius 3 is 2.86 bits per heavy atom. The average Bonchev–Trinajstić information content (AvgIpc) is 2.21. The van der Waals surface area contributed by atoms with Crippen LogP contribution in [-0.2, 0) is 0 Å². The van der Waals surface area contributed by atoms with E-state index in [2.05, 4.69) is 36.3 Å². The summed E-state index contributed by atoms with van der Waals surface area (Å²) in [6, 6.07) is 6.22. The Morgan fingerprint density at radius 2 is 2.21 bits per heavy atom. The maximum atomic E-state index is 4.34. The molecule has 0 unspecified atom stereocenters. The maximum Gasteiger partial charge on any atom is 0.0386 e. The number of benzene rings is 1. The van der Waals surface area contributed by atoms with Gasteiger partial charge in [-0.2, -0.15) is 0 Å². The number of nitrogens with zero attached hydrogens (tertiary/aromatic N) is 1. The van der Waals surface area contributed by atoms with Crippen LogP contribution < -0.4 is 5.32 Å². The van der Waals surface area contributed by atoms with Crippen molar-refractivity contribution in [3.05, 3.63) is 29.3 Å². The highest BCUT2D eigenvalue weighted by atomic mass is 14.8. The second-order valence-corrected chi connectivity index (χ2v) is 3.31. The van der Waals surface area contributed by atoms with Crippen molar-refractivity contribution in [2.75, 3.05) is 18.9 Å². The zero-order valence-electron chi connectivity index (χ0n) is 9.17. The van der Waals surface area contributed by atoms with Crippen LogP contribution in [0.3, 0.4) is 0 Å². The molecule has 0 atom stereocenters. The summed E-state index contributed by atoms with van der Waals surface area (Å²) < 4.78 is 0. The lowest BCUT2D eigenvalue weighted by Crippen LogP contribution is -1.95. The lowest BCUT2D eigenvalue weighted by molar-refractivity contribution is 0.937. The Labute approximate surface area is 86.1 Å². The third kappa shape index (κ3) is 2.59. The van der Waals surface area contributed by atoms with E-state index in [1.54, 1.807) is 0 Å². The highest BCUT2D eigenvalue weighted by molar-refractivity contribution is 5.84. The summed E-state index contributed by atoms with van der Waals surface area (Å²) >= 11 is 0. The van der Waals surface area contributed by atoms with Crippen molar-refractivity contribution in [1.82, 2.24) is 0 Å². The monoisotopic (exact) mass is 190 g/mol. The van der Waals surface area contributed by atoms with Gasteiger partial charge < -0.3 is 5.32 Å². The van der Waals surface area contributed by atoms with Gasteiger partial charge in [0.05, 0.1) is 0 Å². The van der Waals surface area contributed by atoms with Gasteiger partial charge in [0.1, 0.15) is 0 Å². The minimum Gasteiger partial charge on any atom is -0.388 e. The van der Waals surface area contributed by atoms with Gasteiger partial charge in [-0.15, -0.1) is 0 Å². The minimum absolute atomic E-state index is 0.906.